The fraction of sp³-hybridized carbons (Fsp3) is 0.650. The molecule has 3 saturated heterocycles. The maximum atomic E-state index is 14.2. The van der Waals surface area contributed by atoms with Crippen molar-refractivity contribution in [3.63, 3.8) is 0 Å². The first-order chi connectivity index (χ1) is 29.8. The zero-order chi connectivity index (χ0) is 46.3. The van der Waals surface area contributed by atoms with Crippen molar-refractivity contribution in [2.45, 2.75) is 137 Å². The number of esters is 2. The Hall–Kier alpha value is -3.70. The van der Waals surface area contributed by atoms with E-state index < -0.39 is 161 Å². The number of carbonyl (C=O) groups is 2. The highest BCUT2D eigenvalue weighted by Gasteiger charge is 2.57. The Labute approximate surface area is 359 Å². The third-order valence-corrected chi connectivity index (χ3v) is 10.7. The lowest BCUT2D eigenvalue weighted by atomic mass is 9.86. The summed E-state index contributed by atoms with van der Waals surface area (Å²) in [7, 11) is 0. The predicted molar refractivity (Wildman–Crippen MR) is 204 cm³/mol. The van der Waals surface area contributed by atoms with Crippen molar-refractivity contribution in [2.75, 3.05) is 19.8 Å². The summed E-state index contributed by atoms with van der Waals surface area (Å²) >= 11 is 0. The molecule has 5 rings (SSSR count). The minimum atomic E-state index is -2.74. The Morgan fingerprint density at radius 1 is 0.556 bits per heavy atom. The SMILES string of the molecule is CC(C)C[C@](O[C@@H]1O[C@H](CO)[C@@H](O)[C@H](O)[C@H]1O)(C(=O)OCc1ccc(O[C@@H]2O[C@H](CO)[C@@H](O)[C@H](O)[C@H]2O)cc1)[C@@H](O)C(=O)OCc1ccc(O[C@@H]2O[C@H](CO)[C@@H](O)[C@H](O)[C@H]2O)cc1. The molecule has 0 radical (unpaired) electrons. The van der Waals surface area contributed by atoms with Gasteiger partial charge in [0, 0.05) is 0 Å². The second-order valence-corrected chi connectivity index (χ2v) is 15.8. The Morgan fingerprint density at radius 3 is 1.30 bits per heavy atom. The number of rotatable bonds is 18. The van der Waals surface area contributed by atoms with E-state index in [-0.39, 0.29) is 11.5 Å². The normalized spacial score (nSPS) is 35.0. The van der Waals surface area contributed by atoms with Crippen LogP contribution >= 0.6 is 0 Å². The van der Waals surface area contributed by atoms with Crippen molar-refractivity contribution in [2.24, 2.45) is 5.92 Å². The predicted octanol–water partition coefficient (Wildman–Crippen LogP) is -5.21. The average Bonchev–Trinajstić information content (AvgIpc) is 3.27. The molecular formula is C40H56O23. The van der Waals surface area contributed by atoms with Crippen LogP contribution < -0.4 is 9.47 Å². The molecule has 23 nitrogen and oxygen atoms in total. The van der Waals surface area contributed by atoms with Crippen molar-refractivity contribution in [3.05, 3.63) is 59.7 Å². The lowest BCUT2D eigenvalue weighted by molar-refractivity contribution is -0.334. The Bertz CT molecular complexity index is 1740. The molecule has 13 N–H and O–H groups in total. The molecule has 0 aromatic heterocycles. The molecule has 354 valence electrons. The molecule has 0 unspecified atom stereocenters. The smallest absolute Gasteiger partial charge is 0.342 e. The van der Waals surface area contributed by atoms with Gasteiger partial charge in [-0.2, -0.15) is 0 Å². The van der Waals surface area contributed by atoms with Crippen LogP contribution in [0.2, 0.25) is 0 Å². The van der Waals surface area contributed by atoms with Gasteiger partial charge in [0.05, 0.1) is 19.8 Å². The van der Waals surface area contributed by atoms with Gasteiger partial charge in [-0.15, -0.1) is 0 Å². The van der Waals surface area contributed by atoms with Gasteiger partial charge in [-0.3, -0.25) is 0 Å². The summed E-state index contributed by atoms with van der Waals surface area (Å²) in [5.74, 6) is -3.18. The Morgan fingerprint density at radius 2 is 0.921 bits per heavy atom. The molecule has 17 atom stereocenters. The number of hydrogen-bond donors (Lipinski definition) is 13. The van der Waals surface area contributed by atoms with E-state index in [0.29, 0.717) is 11.1 Å². The van der Waals surface area contributed by atoms with Gasteiger partial charge in [-0.05, 0) is 47.7 Å². The van der Waals surface area contributed by atoms with Crippen molar-refractivity contribution >= 4 is 11.9 Å². The third-order valence-electron chi connectivity index (χ3n) is 10.7. The van der Waals surface area contributed by atoms with Gasteiger partial charge in [-0.25, -0.2) is 9.59 Å². The Balaban J connectivity index is 1.31. The zero-order valence-electron chi connectivity index (χ0n) is 34.1. The number of benzene rings is 2. The lowest BCUT2D eigenvalue weighted by Crippen LogP contribution is -2.65. The van der Waals surface area contributed by atoms with Gasteiger partial charge in [0.2, 0.25) is 18.2 Å². The highest BCUT2D eigenvalue weighted by atomic mass is 16.7. The number of ether oxygens (including phenoxy) is 8. The fourth-order valence-electron chi connectivity index (χ4n) is 7.07. The van der Waals surface area contributed by atoms with E-state index in [2.05, 4.69) is 0 Å². The van der Waals surface area contributed by atoms with E-state index in [9.17, 15) is 76.0 Å². The molecule has 3 heterocycles. The molecular weight excluding hydrogens is 848 g/mol. The molecule has 3 aliphatic rings. The molecule has 2 aromatic carbocycles. The number of aliphatic hydroxyl groups excluding tert-OH is 13. The first-order valence-electron chi connectivity index (χ1n) is 20.0. The van der Waals surface area contributed by atoms with Crippen LogP contribution in [0.25, 0.3) is 0 Å². The van der Waals surface area contributed by atoms with Crippen LogP contribution in [0.4, 0.5) is 0 Å². The van der Waals surface area contributed by atoms with Crippen molar-refractivity contribution in [1.82, 2.24) is 0 Å². The third kappa shape index (κ3) is 11.6. The van der Waals surface area contributed by atoms with Gasteiger partial charge in [0.25, 0.3) is 0 Å². The molecule has 3 aliphatic heterocycles. The van der Waals surface area contributed by atoms with Crippen LogP contribution in [0.5, 0.6) is 11.5 Å². The Kier molecular flexibility index (Phi) is 17.6. The summed E-state index contributed by atoms with van der Waals surface area (Å²) < 4.78 is 44.2. The monoisotopic (exact) mass is 904 g/mol. The van der Waals surface area contributed by atoms with Crippen LogP contribution in [-0.2, 0) is 51.2 Å². The van der Waals surface area contributed by atoms with Gasteiger partial charge in [-0.1, -0.05) is 38.1 Å². The summed E-state index contributed by atoms with van der Waals surface area (Å²) in [5, 5.41) is 133. The fourth-order valence-corrected chi connectivity index (χ4v) is 7.07. The van der Waals surface area contributed by atoms with E-state index in [1.165, 1.54) is 48.5 Å². The van der Waals surface area contributed by atoms with E-state index >= 15 is 0 Å². The molecule has 23 heteroatoms. The lowest BCUT2D eigenvalue weighted by Gasteiger charge is -2.44. The first-order valence-corrected chi connectivity index (χ1v) is 20.0. The second kappa shape index (κ2) is 22.0. The number of aliphatic hydroxyl groups is 13. The molecule has 0 amide bonds. The highest BCUT2D eigenvalue weighted by molar-refractivity contribution is 5.89. The summed E-state index contributed by atoms with van der Waals surface area (Å²) in [6.07, 6.45) is -27.8. The zero-order valence-corrected chi connectivity index (χ0v) is 34.1. The molecule has 2 aromatic rings. The standard InChI is InChI=1S/C40H56O23/c1-17(2)11-40(63-38-33(52)30(49)27(46)24(14-43)62-38,39(55)57-16-19-5-9-21(10-6-19)59-37-32(51)29(48)26(45)23(13-42)61-37)34(53)35(54)56-15-18-3-7-20(8-4-18)58-36-31(50)28(47)25(44)22(12-41)60-36/h3-10,17,22-34,36-38,41-53H,11-16H2,1-2H3/t22-,23-,24-,25-,26-,27-,28+,29+,30+,31-,32-,33-,34+,36-,37-,38+,40-/m1/s1. The van der Waals surface area contributed by atoms with Crippen LogP contribution in [0.1, 0.15) is 31.4 Å². The van der Waals surface area contributed by atoms with Gasteiger partial charge >= 0.3 is 11.9 Å². The van der Waals surface area contributed by atoms with Crippen LogP contribution in [0.15, 0.2) is 48.5 Å². The van der Waals surface area contributed by atoms with Gasteiger partial charge in [0.1, 0.15) is 98.0 Å². The summed E-state index contributed by atoms with van der Waals surface area (Å²) in [6, 6.07) is 11.2. The second-order valence-electron chi connectivity index (χ2n) is 15.8. The van der Waals surface area contributed by atoms with Gasteiger partial charge < -0.3 is 104 Å². The number of carbonyl (C=O) groups excluding carboxylic acids is 2. The molecule has 0 saturated carbocycles. The molecule has 0 bridgehead atoms. The van der Waals surface area contributed by atoms with E-state index in [0.717, 1.165) is 0 Å². The average molecular weight is 905 g/mol. The molecule has 63 heavy (non-hydrogen) atoms. The van der Waals surface area contributed by atoms with E-state index in [4.69, 9.17) is 37.9 Å². The maximum Gasteiger partial charge on any atom is 0.342 e. The topological polar surface area (TPSA) is 371 Å². The van der Waals surface area contributed by atoms with Crippen molar-refractivity contribution in [1.29, 1.82) is 0 Å². The quantitative estimate of drug-likeness (QED) is 0.0622. The molecule has 0 spiro atoms. The molecule has 3 fully saturated rings. The van der Waals surface area contributed by atoms with Crippen LogP contribution in [0, 0.1) is 5.92 Å². The molecule has 0 aliphatic carbocycles. The summed E-state index contributed by atoms with van der Waals surface area (Å²) in [5.41, 5.74) is -2.14. The van der Waals surface area contributed by atoms with Crippen LogP contribution in [0.3, 0.4) is 0 Å². The van der Waals surface area contributed by atoms with E-state index in [1.807, 2.05) is 0 Å². The summed E-state index contributed by atoms with van der Waals surface area (Å²) in [6.45, 7) is -0.0788. The van der Waals surface area contributed by atoms with Gasteiger partial charge in [0.15, 0.2) is 12.4 Å². The van der Waals surface area contributed by atoms with Crippen LogP contribution in [-0.4, -0.2) is 202 Å². The maximum absolute atomic E-state index is 14.2. The minimum absolute atomic E-state index is 0.0867. The highest BCUT2D eigenvalue weighted by Crippen LogP contribution is 2.35. The largest absolute Gasteiger partial charge is 0.462 e. The van der Waals surface area contributed by atoms with Crippen molar-refractivity contribution < 1.29 is 114 Å². The first kappa shape index (κ1) is 50.3. The van der Waals surface area contributed by atoms with Crippen molar-refractivity contribution in [3.8, 4) is 11.5 Å². The minimum Gasteiger partial charge on any atom is -0.462 e. The van der Waals surface area contributed by atoms with E-state index in [1.54, 1.807) is 13.8 Å². The summed E-state index contributed by atoms with van der Waals surface area (Å²) in [4.78, 5) is 27.9. The number of hydrogen-bond acceptors (Lipinski definition) is 23.